The van der Waals surface area contributed by atoms with Crippen LogP contribution in [-0.2, 0) is 15.8 Å². The van der Waals surface area contributed by atoms with Gasteiger partial charge in [-0.2, -0.15) is 13.2 Å². The van der Waals surface area contributed by atoms with E-state index in [0.29, 0.717) is 5.56 Å². The lowest BCUT2D eigenvalue weighted by Crippen LogP contribution is -2.47. The maximum absolute atomic E-state index is 12.7. The van der Waals surface area contributed by atoms with Crippen molar-refractivity contribution in [2.75, 3.05) is 5.75 Å². The lowest BCUT2D eigenvalue weighted by Gasteiger charge is -2.29. The summed E-state index contributed by atoms with van der Waals surface area (Å²) >= 11 is 1.32. The van der Waals surface area contributed by atoms with E-state index in [9.17, 15) is 22.8 Å². The van der Waals surface area contributed by atoms with Crippen LogP contribution in [0.25, 0.3) is 0 Å². The molecule has 0 spiro atoms. The minimum absolute atomic E-state index is 0.177. The number of hydrogen-bond acceptors (Lipinski definition) is 3. The fourth-order valence-electron chi connectivity index (χ4n) is 2.62. The number of nitrogens with zero attached hydrogens (tertiary/aromatic N) is 1. The molecule has 1 aliphatic carbocycles. The van der Waals surface area contributed by atoms with Crippen LogP contribution in [0.2, 0.25) is 0 Å². The van der Waals surface area contributed by atoms with Crippen molar-refractivity contribution >= 4 is 23.6 Å². The summed E-state index contributed by atoms with van der Waals surface area (Å²) in [7, 11) is 0. The molecule has 24 heavy (non-hydrogen) atoms. The molecule has 1 heterocycles. The molecule has 0 bridgehead atoms. The zero-order chi connectivity index (χ0) is 17.5. The molecule has 2 fully saturated rings. The number of carbonyl (C=O) groups excluding carboxylic acids is 2. The van der Waals surface area contributed by atoms with Gasteiger partial charge < -0.3 is 10.2 Å². The van der Waals surface area contributed by atoms with Gasteiger partial charge in [0.1, 0.15) is 11.4 Å². The molecular weight excluding hydrogens is 341 g/mol. The molecule has 2 aliphatic rings. The Bertz CT molecular complexity index is 644. The van der Waals surface area contributed by atoms with Crippen LogP contribution in [0.3, 0.4) is 0 Å². The lowest BCUT2D eigenvalue weighted by atomic mass is 10.1. The van der Waals surface area contributed by atoms with E-state index in [0.717, 1.165) is 25.0 Å². The first-order valence-corrected chi connectivity index (χ1v) is 8.72. The first kappa shape index (κ1) is 17.1. The highest BCUT2D eigenvalue weighted by atomic mass is 32.2. The van der Waals surface area contributed by atoms with Crippen LogP contribution in [0.15, 0.2) is 24.3 Å². The van der Waals surface area contributed by atoms with E-state index in [1.165, 1.54) is 28.8 Å². The van der Waals surface area contributed by atoms with Crippen molar-refractivity contribution in [2.45, 2.75) is 43.4 Å². The highest BCUT2D eigenvalue weighted by Gasteiger charge is 2.40. The van der Waals surface area contributed by atoms with Gasteiger partial charge in [-0.05, 0) is 37.5 Å². The zero-order valence-corrected chi connectivity index (χ0v) is 13.8. The average Bonchev–Trinajstić information content (AvgIpc) is 3.25. The fourth-order valence-corrected chi connectivity index (χ4v) is 3.88. The minimum atomic E-state index is -4.39. The summed E-state index contributed by atoms with van der Waals surface area (Å²) in [6, 6.07) is 4.29. The van der Waals surface area contributed by atoms with E-state index in [1.54, 1.807) is 6.92 Å². The van der Waals surface area contributed by atoms with E-state index >= 15 is 0 Å². The maximum atomic E-state index is 12.7. The van der Waals surface area contributed by atoms with E-state index < -0.39 is 23.2 Å². The van der Waals surface area contributed by atoms with Crippen LogP contribution in [0.4, 0.5) is 13.2 Å². The summed E-state index contributed by atoms with van der Waals surface area (Å²) in [5.41, 5.74) is -0.142. The number of amides is 2. The summed E-state index contributed by atoms with van der Waals surface area (Å²) in [4.78, 5) is 25.9. The van der Waals surface area contributed by atoms with Crippen LogP contribution in [0, 0.1) is 0 Å². The highest BCUT2D eigenvalue weighted by molar-refractivity contribution is 8.00. The van der Waals surface area contributed by atoms with Crippen molar-refractivity contribution in [3.8, 4) is 0 Å². The van der Waals surface area contributed by atoms with E-state index in [-0.39, 0.29) is 23.6 Å². The molecular formula is C16H17F3N2O2S. The molecule has 1 aromatic carbocycles. The molecule has 8 heteroatoms. The Hall–Kier alpha value is -1.70. The SMILES string of the molecule is C[C@@H](C(=O)NC1CC1)N1C(=O)CS[C@@H]1c1ccc(C(F)(F)F)cc1. The Labute approximate surface area is 141 Å². The third kappa shape index (κ3) is 3.53. The highest BCUT2D eigenvalue weighted by Crippen LogP contribution is 2.41. The Morgan fingerprint density at radius 3 is 2.46 bits per heavy atom. The van der Waals surface area contributed by atoms with Crippen LogP contribution in [0.5, 0.6) is 0 Å². The van der Waals surface area contributed by atoms with E-state index in [2.05, 4.69) is 5.32 Å². The number of benzene rings is 1. The zero-order valence-electron chi connectivity index (χ0n) is 13.0. The van der Waals surface area contributed by atoms with Gasteiger partial charge in [-0.1, -0.05) is 12.1 Å². The number of nitrogens with one attached hydrogen (secondary N) is 1. The van der Waals surface area contributed by atoms with Gasteiger partial charge in [0.15, 0.2) is 0 Å². The second-order valence-electron chi connectivity index (χ2n) is 6.04. The molecule has 2 amide bonds. The first-order chi connectivity index (χ1) is 11.3. The summed E-state index contributed by atoms with van der Waals surface area (Å²) in [6.07, 6.45) is -2.50. The summed E-state index contributed by atoms with van der Waals surface area (Å²) in [6.45, 7) is 1.65. The molecule has 0 unspecified atom stereocenters. The quantitative estimate of drug-likeness (QED) is 0.900. The topological polar surface area (TPSA) is 49.4 Å². The molecule has 1 saturated heterocycles. The molecule has 2 atom stereocenters. The Morgan fingerprint density at radius 1 is 1.29 bits per heavy atom. The molecule has 4 nitrogen and oxygen atoms in total. The molecule has 1 saturated carbocycles. The minimum Gasteiger partial charge on any atom is -0.352 e. The third-order valence-corrected chi connectivity index (χ3v) is 5.38. The van der Waals surface area contributed by atoms with Crippen molar-refractivity contribution in [2.24, 2.45) is 0 Å². The van der Waals surface area contributed by atoms with Gasteiger partial charge in [0, 0.05) is 6.04 Å². The van der Waals surface area contributed by atoms with Crippen LogP contribution in [0.1, 0.15) is 36.3 Å². The molecule has 0 radical (unpaired) electrons. The van der Waals surface area contributed by atoms with E-state index in [4.69, 9.17) is 0 Å². The fraction of sp³-hybridized carbons (Fsp3) is 0.500. The molecule has 1 aliphatic heterocycles. The Morgan fingerprint density at radius 2 is 1.92 bits per heavy atom. The molecule has 0 aromatic heterocycles. The normalized spacial score (nSPS) is 22.6. The van der Waals surface area contributed by atoms with Gasteiger partial charge in [0.05, 0.1) is 11.3 Å². The summed E-state index contributed by atoms with van der Waals surface area (Å²) < 4.78 is 38.0. The Balaban J connectivity index is 1.78. The van der Waals surface area contributed by atoms with Crippen molar-refractivity contribution in [3.05, 3.63) is 35.4 Å². The standard InChI is InChI=1S/C16H17F3N2O2S/c1-9(14(23)20-12-6-7-12)21-13(22)8-24-15(21)10-2-4-11(5-3-10)16(17,18)19/h2-5,9,12,15H,6-8H2,1H3,(H,20,23)/t9-,15+/m0/s1. The first-order valence-electron chi connectivity index (χ1n) is 7.67. The van der Waals surface area contributed by atoms with Gasteiger partial charge in [0.2, 0.25) is 11.8 Å². The molecule has 1 aromatic rings. The largest absolute Gasteiger partial charge is 0.416 e. The van der Waals surface area contributed by atoms with Gasteiger partial charge >= 0.3 is 6.18 Å². The number of carbonyl (C=O) groups is 2. The maximum Gasteiger partial charge on any atom is 0.416 e. The van der Waals surface area contributed by atoms with Crippen molar-refractivity contribution in [3.63, 3.8) is 0 Å². The molecule has 1 N–H and O–H groups in total. The summed E-state index contributed by atoms with van der Waals surface area (Å²) in [5.74, 6) is -0.180. The number of alkyl halides is 3. The molecule has 3 rings (SSSR count). The predicted molar refractivity (Wildman–Crippen MR) is 84.1 cm³/mol. The summed E-state index contributed by atoms with van der Waals surface area (Å²) in [5, 5.41) is 2.42. The second kappa shape index (κ2) is 6.31. The van der Waals surface area contributed by atoms with Crippen molar-refractivity contribution in [1.82, 2.24) is 10.2 Å². The van der Waals surface area contributed by atoms with Crippen molar-refractivity contribution in [1.29, 1.82) is 0 Å². The number of rotatable bonds is 4. The molecule has 130 valence electrons. The third-order valence-electron chi connectivity index (χ3n) is 4.15. The van der Waals surface area contributed by atoms with Crippen molar-refractivity contribution < 1.29 is 22.8 Å². The van der Waals surface area contributed by atoms with E-state index in [1.807, 2.05) is 0 Å². The van der Waals surface area contributed by atoms with Gasteiger partial charge in [-0.25, -0.2) is 0 Å². The van der Waals surface area contributed by atoms with Crippen LogP contribution < -0.4 is 5.32 Å². The van der Waals surface area contributed by atoms with Crippen LogP contribution in [-0.4, -0.2) is 34.6 Å². The number of thioether (sulfide) groups is 1. The lowest BCUT2D eigenvalue weighted by molar-refractivity contribution is -0.138. The smallest absolute Gasteiger partial charge is 0.352 e. The number of hydrogen-bond donors (Lipinski definition) is 1. The monoisotopic (exact) mass is 358 g/mol. The van der Waals surface area contributed by atoms with Gasteiger partial charge in [-0.3, -0.25) is 9.59 Å². The number of halogens is 3. The average molecular weight is 358 g/mol. The van der Waals surface area contributed by atoms with Gasteiger partial charge in [-0.15, -0.1) is 11.8 Å². The second-order valence-corrected chi connectivity index (χ2v) is 7.11. The predicted octanol–water partition coefficient (Wildman–Crippen LogP) is 2.95. The van der Waals surface area contributed by atoms with Gasteiger partial charge in [0.25, 0.3) is 0 Å². The Kier molecular flexibility index (Phi) is 4.50. The van der Waals surface area contributed by atoms with Crippen LogP contribution >= 0.6 is 11.8 Å².